The summed E-state index contributed by atoms with van der Waals surface area (Å²) in [6.07, 6.45) is -42.5. The fourth-order valence-corrected chi connectivity index (χ4v) is 17.2. The zero-order chi connectivity index (χ0) is 84.3. The highest BCUT2D eigenvalue weighted by Crippen LogP contribution is 2.43. The maximum absolute atomic E-state index is 14.0. The lowest BCUT2D eigenvalue weighted by Crippen LogP contribution is -2.69. The fraction of sp³-hybridized carbons (Fsp3) is 0.906. The lowest BCUT2D eigenvalue weighted by Gasteiger charge is -2.51. The van der Waals surface area contributed by atoms with E-state index in [1.54, 1.807) is 11.8 Å². The molecular formula is C53H88N4O50S8. The first-order chi connectivity index (χ1) is 54.8. The van der Waals surface area contributed by atoms with E-state index in [2.05, 4.69) is 67.1 Å². The summed E-state index contributed by atoms with van der Waals surface area (Å²) in [4.78, 5) is 65.8. The number of carbonyl (C=O) groups excluding carboxylic acids is 3. The van der Waals surface area contributed by atoms with Gasteiger partial charge in [-0.2, -0.15) is 37.0 Å². The number of carboxylic acid groups (broad SMARTS) is 2. The molecule has 7 rings (SSSR count). The van der Waals surface area contributed by atoms with Crippen LogP contribution in [0.25, 0.3) is 0 Å². The maximum atomic E-state index is 14.0. The minimum absolute atomic E-state index is 0.0452. The van der Waals surface area contributed by atoms with Crippen LogP contribution in [0.1, 0.15) is 58.3 Å². The molecule has 7 saturated heterocycles. The minimum atomic E-state index is -5.59. The van der Waals surface area contributed by atoms with Crippen LogP contribution in [0, 0.1) is 5.92 Å². The molecule has 0 saturated carbocycles. The molecule has 4 amide bonds. The Labute approximate surface area is 675 Å². The van der Waals surface area contributed by atoms with Crippen molar-refractivity contribution in [3.05, 3.63) is 0 Å². The lowest BCUT2D eigenvalue weighted by molar-refractivity contribution is -0.437. The molecule has 0 aliphatic carbocycles. The van der Waals surface area contributed by atoms with Gasteiger partial charge < -0.3 is 103 Å². The second-order valence-electron chi connectivity index (χ2n) is 25.0. The first kappa shape index (κ1) is 99.4. The molecule has 0 spiro atoms. The van der Waals surface area contributed by atoms with Gasteiger partial charge in [0.15, 0.2) is 105 Å². The van der Waals surface area contributed by atoms with E-state index in [0.717, 1.165) is 54.1 Å². The molecule has 115 heavy (non-hydrogen) atoms. The summed E-state index contributed by atoms with van der Waals surface area (Å²) in [6.45, 7) is -1.79. The second-order valence-corrected chi connectivity index (χ2v) is 31.4. The Morgan fingerprint density at radius 1 is 0.470 bits per heavy atom. The van der Waals surface area contributed by atoms with Gasteiger partial charge in [-0.05, 0) is 25.7 Å². The summed E-state index contributed by atoms with van der Waals surface area (Å²) in [5.74, 6) is -4.79. The topological polar surface area (TPSA) is 695 Å². The van der Waals surface area contributed by atoms with Gasteiger partial charge in [-0.15, -0.1) is 17.3 Å². The largest absolute Gasteiger partial charge is 0.479 e. The molecule has 28 atom stereocenters. The first-order valence-electron chi connectivity index (χ1n) is 33.6. The summed E-state index contributed by atoms with van der Waals surface area (Å²) in [5.41, 5.74) is 0. The Morgan fingerprint density at radius 3 is 1.33 bits per heavy atom. The molecule has 0 aromatic carbocycles. The van der Waals surface area contributed by atoms with Crippen LogP contribution in [0.3, 0.4) is 0 Å². The number of aliphatic carboxylic acids is 2. The highest BCUT2D eigenvalue weighted by atomic mass is 32.3. The third-order valence-corrected chi connectivity index (χ3v) is 22.7. The molecule has 7 aliphatic heterocycles. The maximum Gasteiger partial charge on any atom is 0.397 e. The Hall–Kier alpha value is -2.73. The average Bonchev–Trinajstić information content (AvgIpc) is 1.42. The number of thioether (sulfide) groups is 1. The predicted octanol–water partition coefficient (Wildman–Crippen LogP) is -1.50. The standard InChI is InChI=1S/C53H88N4O50S8/c1-21-23(17-84-113(69,70)71)87-48(30(31(21)78-2)56-28(59)15-9-8-12-16-54-27(58)14-11-10-13-26-29-22(20-108-26)55-53(64)57-29)92-36-34(79-3)42(81-5)50(94-40(36)46(60)61)91-33-25(19-86-115(75,76)77)89-52(45(99-112-107-103-68)39(33)97-110-105-101-66)93-37-35(80-4)43(82-6)51(95-41(37)47(62)63)90-32-24(18-85-114(72,73)74)88-49(83-7)44(98-111-106-102-67)38(32)96-109-104-100-65/h21-26,29-45,48-52,65-68H,8-20H2,1-7H3,(H,54,58)(H,56,59)(H,60,61)(H,62,63)(H2,55,57,64)(H,69,70,71)(H,72,73,74)(H,75,76,77)/t21-,22?,23?,24?,25+,26?,29?,30?,31+,32-,33-,34+,35?,36+,37+,38+,39?,40?,41-,42?,43?,44?,45?,48+,49+,50-,51+,52-/m1/s1. The normalized spacial score (nSPS) is 35.2. The summed E-state index contributed by atoms with van der Waals surface area (Å²) in [5, 5.41) is 84.7. The highest BCUT2D eigenvalue weighted by Gasteiger charge is 2.62. The Balaban J connectivity index is 1.15. The van der Waals surface area contributed by atoms with Gasteiger partial charge in [-0.3, -0.25) is 40.0 Å². The van der Waals surface area contributed by atoms with E-state index in [1.807, 2.05) is 0 Å². The molecule has 7 aliphatic rings. The van der Waals surface area contributed by atoms with E-state index < -0.39 is 222 Å². The number of fused-ring (bicyclic) bond motifs is 1. The van der Waals surface area contributed by atoms with E-state index in [0.29, 0.717) is 25.8 Å². The molecule has 54 nitrogen and oxygen atoms in total. The van der Waals surface area contributed by atoms with Crippen LogP contribution in [0.15, 0.2) is 0 Å². The molecule has 13 N–H and O–H groups in total. The number of rotatable bonds is 53. The molecular weight excluding hydrogens is 1750 g/mol. The molecule has 7 heterocycles. The SMILES string of the molecule is COC1C(OC)[C@H](O[C@H]2O[C@@H](COS(=O)(=O)O)[C@@H](O[C@@H]3OC(C(=O)O)[C@@H](O[C@@H]4OC(COS(=O)(=O)O)[C@@H](C)[C@H](OC)C4NC(=O)CCCCCNC(=O)CCCCC4SCC5NC(=O)NC54)[C@H](OC)C3OC)C(OSOOO)C2OSOOO)[C@H](C(=O)O)O[C@@H]1O[C@@H]1C(COS(=O)(=O)O)O[C@H](OC)C(OSOOO)[C@H]1OSOOO. The second kappa shape index (κ2) is 48.9. The number of hydrogen-bond acceptors (Lipinski definition) is 50. The van der Waals surface area contributed by atoms with Crippen molar-refractivity contribution in [2.75, 3.05) is 74.8 Å². The van der Waals surface area contributed by atoms with E-state index in [4.69, 9.17) is 102 Å². The number of amides is 4. The zero-order valence-corrected chi connectivity index (χ0v) is 67.4. The molecule has 0 aromatic rings. The molecule has 0 bridgehead atoms. The van der Waals surface area contributed by atoms with Crippen LogP contribution < -0.4 is 21.3 Å². The van der Waals surface area contributed by atoms with Crippen molar-refractivity contribution >= 4 is 122 Å². The molecule has 0 radical (unpaired) electrons. The third kappa shape index (κ3) is 29.5. The fourth-order valence-electron chi connectivity index (χ4n) is 13.3. The smallest absolute Gasteiger partial charge is 0.397 e. The molecule has 62 heteroatoms. The summed E-state index contributed by atoms with van der Waals surface area (Å²) >= 11 is 0.908. The Kier molecular flexibility index (Phi) is 42.3. The number of carbonyl (C=O) groups is 5. The van der Waals surface area contributed by atoms with Crippen LogP contribution >= 0.6 is 61.1 Å². The Morgan fingerprint density at radius 2 is 0.878 bits per heavy atom. The summed E-state index contributed by atoms with van der Waals surface area (Å²) < 4.78 is 246. The quantitative estimate of drug-likeness (QED) is 0.00823. The van der Waals surface area contributed by atoms with Crippen LogP contribution in [0.4, 0.5) is 4.79 Å². The van der Waals surface area contributed by atoms with E-state index in [1.165, 1.54) is 14.0 Å². The number of ether oxygens (including phenoxy) is 15. The van der Waals surface area contributed by atoms with Crippen LogP contribution in [0.5, 0.6) is 0 Å². The number of hydrogen-bond donors (Lipinski definition) is 13. The number of urea groups is 1. The number of nitrogens with one attached hydrogen (secondary N) is 4. The predicted molar refractivity (Wildman–Crippen MR) is 367 cm³/mol. The number of unbranched alkanes of at least 4 members (excludes halogenated alkanes) is 3. The van der Waals surface area contributed by atoms with Gasteiger partial charge in [0.05, 0.1) is 44.1 Å². The first-order valence-corrected chi connectivity index (χ1v) is 41.5. The van der Waals surface area contributed by atoms with Gasteiger partial charge in [-0.25, -0.2) is 48.0 Å². The molecule has 13 unspecified atom stereocenters. The van der Waals surface area contributed by atoms with Crippen molar-refractivity contribution in [2.45, 2.75) is 223 Å². The third-order valence-electron chi connectivity index (χ3n) is 18.3. The average molecular weight is 1840 g/mol. The van der Waals surface area contributed by atoms with Gasteiger partial charge in [0.1, 0.15) is 79.3 Å². The monoisotopic (exact) mass is 1840 g/mol. The van der Waals surface area contributed by atoms with Gasteiger partial charge in [0, 0.05) is 79.0 Å². The van der Waals surface area contributed by atoms with Gasteiger partial charge >= 0.3 is 49.2 Å². The van der Waals surface area contributed by atoms with Crippen LogP contribution in [0.2, 0.25) is 0 Å². The van der Waals surface area contributed by atoms with E-state index >= 15 is 0 Å². The van der Waals surface area contributed by atoms with Crippen molar-refractivity contribution in [3.8, 4) is 0 Å². The van der Waals surface area contributed by atoms with Crippen LogP contribution in [-0.4, -0.2) is 339 Å². The number of carboxylic acids is 2. The molecule has 7 fully saturated rings. The van der Waals surface area contributed by atoms with Gasteiger partial charge in [-0.1, -0.05) is 39.9 Å². The molecule has 668 valence electrons. The minimum Gasteiger partial charge on any atom is -0.479 e. The molecule has 0 aromatic heterocycles. The van der Waals surface area contributed by atoms with E-state index in [-0.39, 0.29) is 97.8 Å². The zero-order valence-electron chi connectivity index (χ0n) is 60.9. The van der Waals surface area contributed by atoms with Crippen molar-refractivity contribution in [2.24, 2.45) is 5.92 Å². The van der Waals surface area contributed by atoms with Crippen molar-refractivity contribution in [1.82, 2.24) is 21.3 Å². The summed E-state index contributed by atoms with van der Waals surface area (Å²) in [6, 6.07) is -1.49. The van der Waals surface area contributed by atoms with Crippen molar-refractivity contribution in [3.63, 3.8) is 0 Å². The van der Waals surface area contributed by atoms with Gasteiger partial charge in [0.25, 0.3) is 0 Å². The number of methoxy groups -OCH3 is 6. The summed E-state index contributed by atoms with van der Waals surface area (Å²) in [7, 11) is -9.92. The van der Waals surface area contributed by atoms with Crippen molar-refractivity contribution in [1.29, 1.82) is 0 Å². The van der Waals surface area contributed by atoms with E-state index in [9.17, 15) is 83.6 Å². The van der Waals surface area contributed by atoms with Crippen LogP contribution in [-0.2, 0) is 188 Å². The van der Waals surface area contributed by atoms with Crippen molar-refractivity contribution < 1.29 is 232 Å². The Bertz CT molecular complexity index is 3330. The lowest BCUT2D eigenvalue weighted by atomic mass is 9.88. The van der Waals surface area contributed by atoms with Gasteiger partial charge in [0.2, 0.25) is 11.8 Å². The highest BCUT2D eigenvalue weighted by molar-refractivity contribution is 8.00.